The number of hydrogen-bond donors (Lipinski definition) is 2. The minimum atomic E-state index is -0.749. The number of carbonyl (C=O) groups is 2. The van der Waals surface area contributed by atoms with Gasteiger partial charge in [0.05, 0.1) is 5.52 Å². The van der Waals surface area contributed by atoms with E-state index in [2.05, 4.69) is 10.2 Å². The summed E-state index contributed by atoms with van der Waals surface area (Å²) in [5.41, 5.74) is 1.35. The van der Waals surface area contributed by atoms with Crippen molar-refractivity contribution in [3.05, 3.63) is 30.0 Å². The largest absolute Gasteiger partial charge is 0.480 e. The van der Waals surface area contributed by atoms with Crippen molar-refractivity contribution in [3.8, 4) is 0 Å². The number of benzene rings is 1. The second kappa shape index (κ2) is 5.84. The van der Waals surface area contributed by atoms with Crippen LogP contribution in [-0.4, -0.2) is 69.7 Å². The van der Waals surface area contributed by atoms with Gasteiger partial charge in [0, 0.05) is 25.0 Å². The van der Waals surface area contributed by atoms with Gasteiger partial charge >= 0.3 is 5.97 Å². The maximum Gasteiger partial charge on any atom is 0.320 e. The number of amides is 1. The van der Waals surface area contributed by atoms with Crippen molar-refractivity contribution in [2.24, 2.45) is 5.41 Å². The molecular weight excluding hydrogens is 320 g/mol. The van der Waals surface area contributed by atoms with Gasteiger partial charge in [0.15, 0.2) is 5.69 Å². The van der Waals surface area contributed by atoms with Crippen LogP contribution in [-0.2, 0) is 4.79 Å². The Morgan fingerprint density at radius 2 is 2.00 bits per heavy atom. The molecule has 2 saturated heterocycles. The normalized spacial score (nSPS) is 23.4. The lowest BCUT2D eigenvalue weighted by Gasteiger charge is -2.39. The van der Waals surface area contributed by atoms with Crippen LogP contribution in [0.1, 0.15) is 29.8 Å². The van der Waals surface area contributed by atoms with Gasteiger partial charge in [-0.3, -0.25) is 19.6 Å². The molecule has 1 amide bonds. The Hall–Kier alpha value is -2.41. The topological polar surface area (TPSA) is 89.5 Å². The van der Waals surface area contributed by atoms with Crippen molar-refractivity contribution < 1.29 is 14.7 Å². The lowest BCUT2D eigenvalue weighted by molar-refractivity contribution is -0.141. The van der Waals surface area contributed by atoms with E-state index in [1.54, 1.807) is 0 Å². The molecule has 2 aliphatic rings. The number of H-pyrrole nitrogens is 1. The first-order valence-corrected chi connectivity index (χ1v) is 8.65. The van der Waals surface area contributed by atoms with Crippen LogP contribution >= 0.6 is 0 Å². The van der Waals surface area contributed by atoms with E-state index in [-0.39, 0.29) is 11.3 Å². The van der Waals surface area contributed by atoms with Gasteiger partial charge in [-0.2, -0.15) is 5.10 Å². The molecule has 1 atom stereocenters. The fourth-order valence-corrected chi connectivity index (χ4v) is 4.37. The second-order valence-corrected chi connectivity index (χ2v) is 7.38. The zero-order chi connectivity index (χ0) is 17.6. The number of rotatable bonds is 2. The van der Waals surface area contributed by atoms with E-state index in [0.29, 0.717) is 25.2 Å². The summed E-state index contributed by atoms with van der Waals surface area (Å²) in [6.07, 6.45) is 2.36. The number of nitrogens with zero attached hydrogens (tertiary/aromatic N) is 3. The number of carboxylic acids is 1. The van der Waals surface area contributed by atoms with Gasteiger partial charge in [-0.05, 0) is 37.8 Å². The Morgan fingerprint density at radius 3 is 2.68 bits per heavy atom. The number of para-hydroxylation sites is 1. The Balaban J connectivity index is 1.47. The van der Waals surface area contributed by atoms with E-state index in [1.807, 2.05) is 41.1 Å². The quantitative estimate of drug-likeness (QED) is 0.865. The first-order valence-electron chi connectivity index (χ1n) is 8.65. The van der Waals surface area contributed by atoms with Crippen LogP contribution < -0.4 is 0 Å². The zero-order valence-electron chi connectivity index (χ0n) is 14.2. The molecule has 7 nitrogen and oxygen atoms in total. The Labute approximate surface area is 145 Å². The lowest BCUT2D eigenvalue weighted by Crippen LogP contribution is -2.44. The summed E-state index contributed by atoms with van der Waals surface area (Å²) < 4.78 is 0. The van der Waals surface area contributed by atoms with Crippen molar-refractivity contribution >= 4 is 22.8 Å². The summed E-state index contributed by atoms with van der Waals surface area (Å²) in [7, 11) is 1.88. The third-order valence-corrected chi connectivity index (χ3v) is 5.81. The minimum Gasteiger partial charge on any atom is -0.480 e. The molecule has 25 heavy (non-hydrogen) atoms. The highest BCUT2D eigenvalue weighted by molar-refractivity contribution is 6.04. The Kier molecular flexibility index (Phi) is 3.76. The van der Waals surface area contributed by atoms with Crippen molar-refractivity contribution in [2.75, 3.05) is 26.7 Å². The third kappa shape index (κ3) is 2.68. The fourth-order valence-electron chi connectivity index (χ4n) is 4.37. The van der Waals surface area contributed by atoms with Crippen LogP contribution in [0.5, 0.6) is 0 Å². The summed E-state index contributed by atoms with van der Waals surface area (Å²) in [6.45, 7) is 2.09. The van der Waals surface area contributed by atoms with Crippen LogP contribution in [0.15, 0.2) is 24.3 Å². The molecule has 2 aliphatic heterocycles. The number of nitrogens with one attached hydrogen (secondary N) is 1. The summed E-state index contributed by atoms with van der Waals surface area (Å²) >= 11 is 0. The molecule has 7 heteroatoms. The number of carbonyl (C=O) groups excluding carboxylic acids is 1. The fraction of sp³-hybridized carbons (Fsp3) is 0.500. The molecule has 1 aromatic heterocycles. The highest BCUT2D eigenvalue weighted by Crippen LogP contribution is 2.43. The van der Waals surface area contributed by atoms with Gasteiger partial charge in [-0.25, -0.2) is 0 Å². The molecule has 3 heterocycles. The number of carboxylic acid groups (broad SMARTS) is 1. The molecular formula is C18H22N4O3. The monoisotopic (exact) mass is 342 g/mol. The van der Waals surface area contributed by atoms with E-state index in [0.717, 1.165) is 30.3 Å². The summed E-state index contributed by atoms with van der Waals surface area (Å²) in [4.78, 5) is 28.0. The SMILES string of the molecule is CN1CC2(CCN(C(=O)c3n[nH]c4ccccc34)CC2)CC1C(=O)O. The Morgan fingerprint density at radius 1 is 1.28 bits per heavy atom. The van der Waals surface area contributed by atoms with E-state index >= 15 is 0 Å². The smallest absolute Gasteiger partial charge is 0.320 e. The van der Waals surface area contributed by atoms with Gasteiger partial charge < -0.3 is 10.0 Å². The summed E-state index contributed by atoms with van der Waals surface area (Å²) in [6, 6.07) is 7.22. The van der Waals surface area contributed by atoms with Crippen molar-refractivity contribution in [1.82, 2.24) is 20.0 Å². The second-order valence-electron chi connectivity index (χ2n) is 7.38. The van der Waals surface area contributed by atoms with Crippen molar-refractivity contribution in [3.63, 3.8) is 0 Å². The Bertz CT molecular complexity index is 823. The number of likely N-dealkylation sites (tertiary alicyclic amines) is 2. The summed E-state index contributed by atoms with van der Waals surface area (Å²) in [5, 5.41) is 17.3. The first kappa shape index (κ1) is 16.1. The van der Waals surface area contributed by atoms with Crippen molar-refractivity contribution in [2.45, 2.75) is 25.3 Å². The molecule has 2 aromatic rings. The lowest BCUT2D eigenvalue weighted by atomic mass is 9.76. The van der Waals surface area contributed by atoms with Crippen LogP contribution in [0.2, 0.25) is 0 Å². The van der Waals surface area contributed by atoms with Crippen molar-refractivity contribution in [1.29, 1.82) is 0 Å². The molecule has 0 aliphatic carbocycles. The number of aliphatic carboxylic acids is 1. The predicted molar refractivity (Wildman–Crippen MR) is 92.3 cm³/mol. The van der Waals surface area contributed by atoms with E-state index in [1.165, 1.54) is 0 Å². The van der Waals surface area contributed by atoms with Gasteiger partial charge in [-0.1, -0.05) is 18.2 Å². The standard InChI is InChI=1S/C18H22N4O3/c1-21-11-18(10-14(21)17(24)25)6-8-22(9-7-18)16(23)15-12-4-2-3-5-13(12)19-20-15/h2-5,14H,6-11H2,1H3,(H,19,20)(H,24,25). The van der Waals surface area contributed by atoms with Crippen LogP contribution in [0, 0.1) is 5.41 Å². The highest BCUT2D eigenvalue weighted by atomic mass is 16.4. The number of fused-ring (bicyclic) bond motifs is 1. The molecule has 0 bridgehead atoms. The van der Waals surface area contributed by atoms with E-state index in [9.17, 15) is 14.7 Å². The summed E-state index contributed by atoms with van der Waals surface area (Å²) in [5.74, 6) is -0.797. The molecule has 0 saturated carbocycles. The predicted octanol–water partition coefficient (Wildman–Crippen LogP) is 1.57. The van der Waals surface area contributed by atoms with Gasteiger partial charge in [-0.15, -0.1) is 0 Å². The third-order valence-electron chi connectivity index (χ3n) is 5.81. The van der Waals surface area contributed by atoms with Crippen LogP contribution in [0.4, 0.5) is 0 Å². The zero-order valence-corrected chi connectivity index (χ0v) is 14.2. The molecule has 2 fully saturated rings. The minimum absolute atomic E-state index is 0.0161. The number of aromatic nitrogens is 2. The van der Waals surface area contributed by atoms with E-state index in [4.69, 9.17) is 0 Å². The number of likely N-dealkylation sites (N-methyl/N-ethyl adjacent to an activating group) is 1. The van der Waals surface area contributed by atoms with E-state index < -0.39 is 12.0 Å². The van der Waals surface area contributed by atoms with Crippen LogP contribution in [0.3, 0.4) is 0 Å². The molecule has 132 valence electrons. The molecule has 0 radical (unpaired) electrons. The average Bonchev–Trinajstić information content (AvgIpc) is 3.16. The molecule has 2 N–H and O–H groups in total. The van der Waals surface area contributed by atoms with Gasteiger partial charge in [0.2, 0.25) is 0 Å². The highest BCUT2D eigenvalue weighted by Gasteiger charge is 2.47. The van der Waals surface area contributed by atoms with Crippen LogP contribution in [0.25, 0.3) is 10.9 Å². The van der Waals surface area contributed by atoms with Gasteiger partial charge in [0.1, 0.15) is 6.04 Å². The maximum atomic E-state index is 12.9. The molecule has 1 unspecified atom stereocenters. The molecule has 4 rings (SSSR count). The number of piperidine rings is 1. The number of hydrogen-bond acceptors (Lipinski definition) is 4. The average molecular weight is 342 g/mol. The molecule has 1 aromatic carbocycles. The van der Waals surface area contributed by atoms with Gasteiger partial charge in [0.25, 0.3) is 5.91 Å². The maximum absolute atomic E-state index is 12.9. The molecule has 1 spiro atoms. The number of aromatic amines is 1. The first-order chi connectivity index (χ1) is 12.0.